The van der Waals surface area contributed by atoms with Crippen LogP contribution in [0.1, 0.15) is 59.3 Å². The third kappa shape index (κ3) is 2.60. The Labute approximate surface area is 100 Å². The lowest BCUT2D eigenvalue weighted by Gasteiger charge is -2.51. The number of hydrogen-bond donors (Lipinski definition) is 1. The molecule has 2 heterocycles. The van der Waals surface area contributed by atoms with E-state index in [0.29, 0.717) is 6.04 Å². The smallest absolute Gasteiger partial charge is 0.0527 e. The number of aliphatic hydroxyl groups excluding tert-OH is 1. The van der Waals surface area contributed by atoms with E-state index in [1.54, 1.807) is 0 Å². The molecule has 0 aromatic rings. The van der Waals surface area contributed by atoms with Gasteiger partial charge in [-0.15, -0.1) is 0 Å². The molecule has 16 heavy (non-hydrogen) atoms. The molecule has 2 heteroatoms. The van der Waals surface area contributed by atoms with Crippen molar-refractivity contribution in [3.63, 3.8) is 0 Å². The van der Waals surface area contributed by atoms with E-state index in [9.17, 15) is 5.11 Å². The van der Waals surface area contributed by atoms with Crippen LogP contribution in [0.4, 0.5) is 0 Å². The van der Waals surface area contributed by atoms with Gasteiger partial charge in [0.15, 0.2) is 0 Å². The molecule has 0 amide bonds. The zero-order valence-corrected chi connectivity index (χ0v) is 11.0. The predicted octanol–water partition coefficient (Wildman–Crippen LogP) is 2.80. The molecule has 0 saturated carbocycles. The van der Waals surface area contributed by atoms with Crippen LogP contribution in [0.5, 0.6) is 0 Å². The van der Waals surface area contributed by atoms with Crippen LogP contribution in [-0.4, -0.2) is 34.2 Å². The zero-order valence-electron chi connectivity index (χ0n) is 11.0. The van der Waals surface area contributed by atoms with Crippen LogP contribution in [0.15, 0.2) is 0 Å². The van der Waals surface area contributed by atoms with Crippen molar-refractivity contribution in [2.75, 3.05) is 0 Å². The Kier molecular flexibility index (Phi) is 3.91. The van der Waals surface area contributed by atoms with Gasteiger partial charge >= 0.3 is 0 Å². The molecular weight excluding hydrogens is 198 g/mol. The number of aliphatic hydroxyl groups is 1. The quantitative estimate of drug-likeness (QED) is 0.781. The Hall–Kier alpha value is -0.0800. The van der Waals surface area contributed by atoms with Crippen LogP contribution in [-0.2, 0) is 0 Å². The highest BCUT2D eigenvalue weighted by atomic mass is 16.3. The van der Waals surface area contributed by atoms with Gasteiger partial charge in [-0.3, -0.25) is 4.90 Å². The van der Waals surface area contributed by atoms with E-state index >= 15 is 0 Å². The highest BCUT2D eigenvalue weighted by molar-refractivity contribution is 4.93. The lowest BCUT2D eigenvalue weighted by molar-refractivity contribution is -0.0228. The monoisotopic (exact) mass is 225 g/mol. The second-order valence-corrected chi connectivity index (χ2v) is 6.20. The third-order valence-electron chi connectivity index (χ3n) is 4.46. The molecule has 2 saturated heterocycles. The molecule has 0 bridgehead atoms. The number of nitrogens with zero attached hydrogens (tertiary/aromatic N) is 1. The SMILES string of the molecule is CC1C[C@@H](C)C[C@@H]2CCC[C@@H](C[C@H](C)O)N12. The van der Waals surface area contributed by atoms with Gasteiger partial charge in [-0.1, -0.05) is 13.3 Å². The van der Waals surface area contributed by atoms with Crippen LogP contribution in [0.25, 0.3) is 0 Å². The minimum Gasteiger partial charge on any atom is -0.393 e. The fourth-order valence-electron chi connectivity index (χ4n) is 4.04. The molecule has 0 radical (unpaired) electrons. The maximum Gasteiger partial charge on any atom is 0.0527 e. The summed E-state index contributed by atoms with van der Waals surface area (Å²) in [4.78, 5) is 2.73. The largest absolute Gasteiger partial charge is 0.393 e. The Balaban J connectivity index is 2.04. The fraction of sp³-hybridized carbons (Fsp3) is 1.00. The van der Waals surface area contributed by atoms with Gasteiger partial charge in [0.05, 0.1) is 6.10 Å². The summed E-state index contributed by atoms with van der Waals surface area (Å²) in [5, 5.41) is 9.61. The molecule has 2 nitrogen and oxygen atoms in total. The highest BCUT2D eigenvalue weighted by Crippen LogP contribution is 2.37. The van der Waals surface area contributed by atoms with Gasteiger partial charge in [0, 0.05) is 18.1 Å². The molecule has 2 aliphatic heterocycles. The summed E-state index contributed by atoms with van der Waals surface area (Å²) in [6, 6.07) is 2.16. The van der Waals surface area contributed by atoms with E-state index in [-0.39, 0.29) is 6.10 Å². The predicted molar refractivity (Wildman–Crippen MR) is 67.4 cm³/mol. The summed E-state index contributed by atoms with van der Waals surface area (Å²) in [5.74, 6) is 0.890. The molecule has 0 aromatic heterocycles. The van der Waals surface area contributed by atoms with Gasteiger partial charge in [0.1, 0.15) is 0 Å². The fourth-order valence-corrected chi connectivity index (χ4v) is 4.04. The minimum atomic E-state index is -0.143. The average molecular weight is 225 g/mol. The van der Waals surface area contributed by atoms with Crippen LogP contribution >= 0.6 is 0 Å². The number of hydrogen-bond acceptors (Lipinski definition) is 2. The van der Waals surface area contributed by atoms with Gasteiger partial charge in [-0.2, -0.15) is 0 Å². The van der Waals surface area contributed by atoms with E-state index in [0.717, 1.165) is 24.4 Å². The first-order valence-corrected chi connectivity index (χ1v) is 7.03. The number of fused-ring (bicyclic) bond motifs is 1. The Morgan fingerprint density at radius 2 is 2.00 bits per heavy atom. The maximum atomic E-state index is 9.61. The summed E-state index contributed by atoms with van der Waals surface area (Å²) >= 11 is 0. The van der Waals surface area contributed by atoms with Crippen molar-refractivity contribution in [2.24, 2.45) is 5.92 Å². The maximum absolute atomic E-state index is 9.61. The van der Waals surface area contributed by atoms with Gasteiger partial charge in [-0.05, 0) is 51.9 Å². The van der Waals surface area contributed by atoms with Crippen LogP contribution in [0.2, 0.25) is 0 Å². The van der Waals surface area contributed by atoms with E-state index in [1.807, 2.05) is 6.92 Å². The summed E-state index contributed by atoms with van der Waals surface area (Å²) in [6.45, 7) is 6.70. The summed E-state index contributed by atoms with van der Waals surface area (Å²) in [5.41, 5.74) is 0. The van der Waals surface area contributed by atoms with Crippen molar-refractivity contribution in [3.8, 4) is 0 Å². The van der Waals surface area contributed by atoms with Crippen molar-refractivity contribution in [1.29, 1.82) is 0 Å². The second-order valence-electron chi connectivity index (χ2n) is 6.20. The number of rotatable bonds is 2. The Morgan fingerprint density at radius 3 is 2.69 bits per heavy atom. The Bertz CT molecular complexity index is 229. The van der Waals surface area contributed by atoms with E-state index in [4.69, 9.17) is 0 Å². The minimum absolute atomic E-state index is 0.143. The lowest BCUT2D eigenvalue weighted by atomic mass is 9.80. The first kappa shape index (κ1) is 12.4. The van der Waals surface area contributed by atoms with Gasteiger partial charge in [-0.25, -0.2) is 0 Å². The highest BCUT2D eigenvalue weighted by Gasteiger charge is 2.38. The second kappa shape index (κ2) is 5.05. The van der Waals surface area contributed by atoms with Gasteiger partial charge < -0.3 is 5.11 Å². The molecule has 2 rings (SSSR count). The molecule has 1 N–H and O–H groups in total. The molecule has 0 spiro atoms. The van der Waals surface area contributed by atoms with Gasteiger partial charge in [0.25, 0.3) is 0 Å². The van der Waals surface area contributed by atoms with Crippen LogP contribution in [0, 0.1) is 5.92 Å². The van der Waals surface area contributed by atoms with E-state index in [2.05, 4.69) is 18.7 Å². The third-order valence-corrected chi connectivity index (χ3v) is 4.46. The first-order valence-electron chi connectivity index (χ1n) is 7.03. The van der Waals surface area contributed by atoms with Crippen LogP contribution < -0.4 is 0 Å². The van der Waals surface area contributed by atoms with E-state index < -0.39 is 0 Å². The van der Waals surface area contributed by atoms with E-state index in [1.165, 1.54) is 32.1 Å². The molecule has 5 atom stereocenters. The standard InChI is InChI=1S/C14H27NO/c1-10-7-11(2)15-13(8-10)5-4-6-14(15)9-12(3)16/h10-14,16H,4-9H2,1-3H3/t10-,11?,12+,13+,14+/m1/s1. The summed E-state index contributed by atoms with van der Waals surface area (Å²) < 4.78 is 0. The molecule has 2 fully saturated rings. The van der Waals surface area contributed by atoms with Crippen molar-refractivity contribution < 1.29 is 5.11 Å². The molecule has 2 aliphatic rings. The summed E-state index contributed by atoms with van der Waals surface area (Å²) in [7, 11) is 0. The van der Waals surface area contributed by atoms with Crippen molar-refractivity contribution >= 4 is 0 Å². The molecule has 0 aliphatic carbocycles. The van der Waals surface area contributed by atoms with Crippen LogP contribution in [0.3, 0.4) is 0 Å². The van der Waals surface area contributed by atoms with Crippen molar-refractivity contribution in [3.05, 3.63) is 0 Å². The van der Waals surface area contributed by atoms with Gasteiger partial charge in [0.2, 0.25) is 0 Å². The molecular formula is C14H27NO. The lowest BCUT2D eigenvalue weighted by Crippen LogP contribution is -2.55. The van der Waals surface area contributed by atoms with Crippen molar-refractivity contribution in [1.82, 2.24) is 4.90 Å². The normalized spacial score (nSPS) is 42.8. The van der Waals surface area contributed by atoms with Crippen molar-refractivity contribution in [2.45, 2.75) is 83.5 Å². The molecule has 0 aromatic carbocycles. The molecule has 94 valence electrons. The average Bonchev–Trinajstić information content (AvgIpc) is 2.15. The number of piperidine rings is 2. The molecule has 1 unspecified atom stereocenters. The Morgan fingerprint density at radius 1 is 1.25 bits per heavy atom. The topological polar surface area (TPSA) is 23.5 Å². The summed E-state index contributed by atoms with van der Waals surface area (Å²) in [6.07, 6.45) is 7.57. The zero-order chi connectivity index (χ0) is 11.7. The first-order chi connectivity index (χ1) is 7.58.